The molecule has 2 aromatic rings. The highest BCUT2D eigenvalue weighted by Crippen LogP contribution is 2.21. The molecule has 0 bridgehead atoms. The monoisotopic (exact) mass is 303 g/mol. The Hall–Kier alpha value is -2.25. The van der Waals surface area contributed by atoms with Gasteiger partial charge in [-0.2, -0.15) is 0 Å². The predicted octanol–water partition coefficient (Wildman–Crippen LogP) is 0.508. The van der Waals surface area contributed by atoms with Crippen LogP contribution in [0, 0.1) is 11.8 Å². The maximum atomic E-state index is 12.3. The van der Waals surface area contributed by atoms with Gasteiger partial charge in [0.1, 0.15) is 0 Å². The van der Waals surface area contributed by atoms with E-state index < -0.39 is 0 Å². The third kappa shape index (κ3) is 3.15. The molecule has 1 saturated heterocycles. The average molecular weight is 303 g/mol. The normalized spacial score (nSPS) is 18.9. The number of hydrogen-bond acceptors (Lipinski definition) is 6. The average Bonchev–Trinajstić information content (AvgIpc) is 3.00. The second-order valence-electron chi connectivity index (χ2n) is 6.14. The van der Waals surface area contributed by atoms with Crippen LogP contribution in [0.4, 0.5) is 5.82 Å². The van der Waals surface area contributed by atoms with Gasteiger partial charge in [-0.15, -0.1) is 14.8 Å². The zero-order valence-corrected chi connectivity index (χ0v) is 12.9. The number of nitrogens with zero attached hydrogens (tertiary/aromatic N) is 6. The fourth-order valence-electron chi connectivity index (χ4n) is 2.66. The van der Waals surface area contributed by atoms with Crippen LogP contribution in [-0.4, -0.2) is 50.8 Å². The molecule has 1 N–H and O–H groups in total. The molecule has 0 saturated carbocycles. The molecule has 3 heterocycles. The van der Waals surface area contributed by atoms with Crippen molar-refractivity contribution in [1.82, 2.24) is 30.6 Å². The zero-order chi connectivity index (χ0) is 15.5. The Bertz CT molecular complexity index is 653. The first-order valence-corrected chi connectivity index (χ1v) is 7.71. The van der Waals surface area contributed by atoms with Crippen molar-refractivity contribution in [2.75, 3.05) is 24.5 Å². The Balaban J connectivity index is 1.68. The Morgan fingerprint density at radius 1 is 1.45 bits per heavy atom. The number of aromatic nitrogens is 5. The summed E-state index contributed by atoms with van der Waals surface area (Å²) in [7, 11) is 0. The lowest BCUT2D eigenvalue weighted by Gasteiger charge is -2.32. The number of carbonyl (C=O) groups excluding carboxylic acids is 1. The molecular formula is C14H21N7O. The summed E-state index contributed by atoms with van der Waals surface area (Å²) in [4.78, 5) is 14.4. The first kappa shape index (κ1) is 14.7. The van der Waals surface area contributed by atoms with Gasteiger partial charge >= 0.3 is 0 Å². The van der Waals surface area contributed by atoms with Crippen molar-refractivity contribution in [3.8, 4) is 0 Å². The maximum absolute atomic E-state index is 12.3. The molecule has 8 heteroatoms. The Morgan fingerprint density at radius 3 is 3.14 bits per heavy atom. The van der Waals surface area contributed by atoms with Gasteiger partial charge in [0.15, 0.2) is 11.5 Å². The number of hydrogen-bond donors (Lipinski definition) is 1. The lowest BCUT2D eigenvalue weighted by atomic mass is 9.97. The van der Waals surface area contributed by atoms with Crippen LogP contribution in [0.15, 0.2) is 12.1 Å². The van der Waals surface area contributed by atoms with Crippen LogP contribution in [0.2, 0.25) is 0 Å². The van der Waals surface area contributed by atoms with Gasteiger partial charge in [-0.1, -0.05) is 13.8 Å². The molecule has 1 aliphatic rings. The van der Waals surface area contributed by atoms with Gasteiger partial charge in [-0.25, -0.2) is 0 Å². The second kappa shape index (κ2) is 6.25. The summed E-state index contributed by atoms with van der Waals surface area (Å²) >= 11 is 0. The SMILES string of the molecule is CC(C)CNC(=O)C1CCCN(c2ccc3nnnn3n2)C1. The number of amides is 1. The van der Waals surface area contributed by atoms with E-state index >= 15 is 0 Å². The first-order chi connectivity index (χ1) is 10.6. The number of carbonyl (C=O) groups is 1. The van der Waals surface area contributed by atoms with E-state index in [0.29, 0.717) is 18.1 Å². The fraction of sp³-hybridized carbons (Fsp3) is 0.643. The van der Waals surface area contributed by atoms with Gasteiger partial charge in [0, 0.05) is 19.6 Å². The standard InChI is InChI=1S/C14H21N7O/c1-10(2)8-15-14(22)11-4-3-7-20(9-11)13-6-5-12-16-18-19-21(12)17-13/h5-6,10-11H,3-4,7-9H2,1-2H3,(H,15,22). The molecule has 0 aliphatic carbocycles. The molecule has 0 radical (unpaired) electrons. The van der Waals surface area contributed by atoms with Gasteiger partial charge in [-0.05, 0) is 41.3 Å². The molecule has 3 rings (SSSR count). The van der Waals surface area contributed by atoms with Crippen LogP contribution in [0.3, 0.4) is 0 Å². The third-order valence-electron chi connectivity index (χ3n) is 3.86. The minimum absolute atomic E-state index is 0.0128. The molecule has 1 unspecified atom stereocenters. The van der Waals surface area contributed by atoms with Gasteiger partial charge < -0.3 is 10.2 Å². The van der Waals surface area contributed by atoms with E-state index in [1.807, 2.05) is 12.1 Å². The number of piperidine rings is 1. The number of rotatable bonds is 4. The van der Waals surface area contributed by atoms with E-state index in [-0.39, 0.29) is 11.8 Å². The summed E-state index contributed by atoms with van der Waals surface area (Å²) in [5.74, 6) is 1.43. The van der Waals surface area contributed by atoms with Crippen molar-refractivity contribution in [2.45, 2.75) is 26.7 Å². The molecule has 0 spiro atoms. The second-order valence-corrected chi connectivity index (χ2v) is 6.14. The number of anilines is 1. The van der Waals surface area contributed by atoms with Gasteiger partial charge in [0.2, 0.25) is 5.91 Å². The summed E-state index contributed by atoms with van der Waals surface area (Å²) in [6.07, 6.45) is 1.91. The molecule has 2 aromatic heterocycles. The molecular weight excluding hydrogens is 282 g/mol. The smallest absolute Gasteiger partial charge is 0.224 e. The van der Waals surface area contributed by atoms with Crippen LogP contribution >= 0.6 is 0 Å². The molecule has 0 aromatic carbocycles. The highest BCUT2D eigenvalue weighted by Gasteiger charge is 2.26. The Labute approximate surface area is 128 Å². The maximum Gasteiger partial charge on any atom is 0.224 e. The number of tetrazole rings is 1. The van der Waals surface area contributed by atoms with Crippen molar-refractivity contribution in [1.29, 1.82) is 0 Å². The van der Waals surface area contributed by atoms with E-state index in [9.17, 15) is 4.79 Å². The summed E-state index contributed by atoms with van der Waals surface area (Å²) in [6.45, 7) is 6.50. The molecule has 8 nitrogen and oxygen atoms in total. The fourth-order valence-corrected chi connectivity index (χ4v) is 2.66. The highest BCUT2D eigenvalue weighted by atomic mass is 16.1. The minimum Gasteiger partial charge on any atom is -0.356 e. The predicted molar refractivity (Wildman–Crippen MR) is 81.4 cm³/mol. The molecule has 118 valence electrons. The van der Waals surface area contributed by atoms with E-state index in [2.05, 4.69) is 44.7 Å². The molecule has 1 amide bonds. The van der Waals surface area contributed by atoms with Crippen LogP contribution < -0.4 is 10.2 Å². The van der Waals surface area contributed by atoms with Gasteiger partial charge in [0.25, 0.3) is 0 Å². The summed E-state index contributed by atoms with van der Waals surface area (Å²) in [5.41, 5.74) is 0.618. The number of fused-ring (bicyclic) bond motifs is 1. The minimum atomic E-state index is 0.0128. The van der Waals surface area contributed by atoms with Crippen molar-refractivity contribution in [3.05, 3.63) is 12.1 Å². The van der Waals surface area contributed by atoms with Gasteiger partial charge in [-0.3, -0.25) is 4.79 Å². The first-order valence-electron chi connectivity index (χ1n) is 7.71. The van der Waals surface area contributed by atoms with Crippen molar-refractivity contribution < 1.29 is 4.79 Å². The lowest BCUT2D eigenvalue weighted by Crippen LogP contribution is -2.44. The largest absolute Gasteiger partial charge is 0.356 e. The molecule has 1 aliphatic heterocycles. The van der Waals surface area contributed by atoms with E-state index in [1.165, 1.54) is 4.63 Å². The van der Waals surface area contributed by atoms with E-state index in [1.54, 1.807) is 0 Å². The number of nitrogens with one attached hydrogen (secondary N) is 1. The van der Waals surface area contributed by atoms with E-state index in [4.69, 9.17) is 0 Å². The third-order valence-corrected chi connectivity index (χ3v) is 3.86. The lowest BCUT2D eigenvalue weighted by molar-refractivity contribution is -0.125. The quantitative estimate of drug-likeness (QED) is 0.885. The highest BCUT2D eigenvalue weighted by molar-refractivity contribution is 5.79. The Morgan fingerprint density at radius 2 is 2.32 bits per heavy atom. The van der Waals surface area contributed by atoms with Crippen molar-refractivity contribution in [2.24, 2.45) is 11.8 Å². The van der Waals surface area contributed by atoms with Gasteiger partial charge in [0.05, 0.1) is 5.92 Å². The van der Waals surface area contributed by atoms with Crippen LogP contribution in [0.5, 0.6) is 0 Å². The summed E-state index contributed by atoms with van der Waals surface area (Å²) in [6, 6.07) is 3.74. The topological polar surface area (TPSA) is 88.3 Å². The van der Waals surface area contributed by atoms with E-state index in [0.717, 1.165) is 31.7 Å². The van der Waals surface area contributed by atoms with Crippen molar-refractivity contribution >= 4 is 17.4 Å². The molecule has 1 atom stereocenters. The summed E-state index contributed by atoms with van der Waals surface area (Å²) < 4.78 is 1.41. The van der Waals surface area contributed by atoms with Crippen LogP contribution in [0.1, 0.15) is 26.7 Å². The van der Waals surface area contributed by atoms with Crippen molar-refractivity contribution in [3.63, 3.8) is 0 Å². The zero-order valence-electron chi connectivity index (χ0n) is 12.9. The summed E-state index contributed by atoms with van der Waals surface area (Å²) in [5, 5.41) is 18.7. The van der Waals surface area contributed by atoms with Crippen LogP contribution in [-0.2, 0) is 4.79 Å². The Kier molecular flexibility index (Phi) is 4.17. The molecule has 1 fully saturated rings. The van der Waals surface area contributed by atoms with Crippen LogP contribution in [0.25, 0.3) is 5.65 Å². The molecule has 22 heavy (non-hydrogen) atoms.